The number of fused-ring (bicyclic) bond motifs is 1. The number of methoxy groups -OCH3 is 1. The Morgan fingerprint density at radius 2 is 1.84 bits per heavy atom. The molecule has 2 fully saturated rings. The van der Waals surface area contributed by atoms with Gasteiger partial charge in [-0.1, -0.05) is 12.8 Å². The highest BCUT2D eigenvalue weighted by Gasteiger charge is 2.47. The van der Waals surface area contributed by atoms with Crippen LogP contribution in [0.5, 0.6) is 0 Å². The summed E-state index contributed by atoms with van der Waals surface area (Å²) < 4.78 is 10.1. The minimum absolute atomic E-state index is 0.110. The van der Waals surface area contributed by atoms with E-state index in [1.54, 1.807) is 25.7 Å². The standard InChI is InChI=1S/C18H30N2O5/c1-18(2,3)25-17(23)19-10-9-15(21)20-13-8-6-5-7-12(13)11-14(20)16(22)24-4/h12-14H,5-11H2,1-4H3,(H,19,23). The van der Waals surface area contributed by atoms with Gasteiger partial charge < -0.3 is 19.7 Å². The monoisotopic (exact) mass is 354 g/mol. The lowest BCUT2D eigenvalue weighted by Crippen LogP contribution is -2.47. The van der Waals surface area contributed by atoms with Gasteiger partial charge in [0.2, 0.25) is 5.91 Å². The second kappa shape index (κ2) is 8.06. The zero-order valence-corrected chi connectivity index (χ0v) is 15.7. The van der Waals surface area contributed by atoms with Gasteiger partial charge in [0.1, 0.15) is 11.6 Å². The first-order chi connectivity index (χ1) is 11.7. The maximum absolute atomic E-state index is 12.7. The number of ether oxygens (including phenoxy) is 2. The minimum Gasteiger partial charge on any atom is -0.467 e. The lowest BCUT2D eigenvalue weighted by molar-refractivity contribution is -0.152. The molecule has 7 nitrogen and oxygen atoms in total. The van der Waals surface area contributed by atoms with Crippen LogP contribution in [0.4, 0.5) is 4.79 Å². The smallest absolute Gasteiger partial charge is 0.407 e. The van der Waals surface area contributed by atoms with Gasteiger partial charge in [0.05, 0.1) is 7.11 Å². The Kier molecular flexibility index (Phi) is 6.30. The number of nitrogens with one attached hydrogen (secondary N) is 1. The fourth-order valence-electron chi connectivity index (χ4n) is 3.88. The molecule has 0 spiro atoms. The number of hydrogen-bond acceptors (Lipinski definition) is 5. The Hall–Kier alpha value is -1.79. The molecule has 142 valence electrons. The Morgan fingerprint density at radius 1 is 1.16 bits per heavy atom. The van der Waals surface area contributed by atoms with Crippen molar-refractivity contribution in [3.8, 4) is 0 Å². The molecule has 0 radical (unpaired) electrons. The molecule has 1 aliphatic heterocycles. The van der Waals surface area contributed by atoms with Crippen LogP contribution in [0.1, 0.15) is 59.3 Å². The number of hydrogen-bond donors (Lipinski definition) is 1. The van der Waals surface area contributed by atoms with Crippen LogP contribution in [0.15, 0.2) is 0 Å². The average Bonchev–Trinajstić information content (AvgIpc) is 2.91. The lowest BCUT2D eigenvalue weighted by Gasteiger charge is -2.33. The first kappa shape index (κ1) is 19.5. The lowest BCUT2D eigenvalue weighted by atomic mass is 9.84. The number of carbonyl (C=O) groups excluding carboxylic acids is 3. The normalized spacial score (nSPS) is 25.9. The number of esters is 1. The molecule has 1 N–H and O–H groups in total. The van der Waals surface area contributed by atoms with Crippen LogP contribution in [0.25, 0.3) is 0 Å². The molecular formula is C18H30N2O5. The maximum Gasteiger partial charge on any atom is 0.407 e. The largest absolute Gasteiger partial charge is 0.467 e. The Labute approximate surface area is 149 Å². The summed E-state index contributed by atoms with van der Waals surface area (Å²) in [6.07, 6.45) is 4.51. The molecule has 0 aromatic rings. The summed E-state index contributed by atoms with van der Waals surface area (Å²) in [6, 6.07) is -0.376. The van der Waals surface area contributed by atoms with Gasteiger partial charge in [-0.3, -0.25) is 4.79 Å². The highest BCUT2D eigenvalue weighted by atomic mass is 16.6. The summed E-state index contributed by atoms with van der Waals surface area (Å²) in [6.45, 7) is 5.54. The number of likely N-dealkylation sites (tertiary alicyclic amines) is 1. The summed E-state index contributed by atoms with van der Waals surface area (Å²) in [5, 5.41) is 2.60. The highest BCUT2D eigenvalue weighted by Crippen LogP contribution is 2.40. The van der Waals surface area contributed by atoms with Crippen LogP contribution >= 0.6 is 0 Å². The maximum atomic E-state index is 12.7. The third-order valence-corrected chi connectivity index (χ3v) is 4.86. The summed E-state index contributed by atoms with van der Waals surface area (Å²) in [5.41, 5.74) is -0.575. The molecule has 0 aromatic heterocycles. The van der Waals surface area contributed by atoms with Gasteiger partial charge in [-0.05, 0) is 46.0 Å². The van der Waals surface area contributed by atoms with Crippen molar-refractivity contribution in [2.24, 2.45) is 5.92 Å². The van der Waals surface area contributed by atoms with Crippen LogP contribution in [0.3, 0.4) is 0 Å². The quantitative estimate of drug-likeness (QED) is 0.783. The van der Waals surface area contributed by atoms with E-state index >= 15 is 0 Å². The fourth-order valence-corrected chi connectivity index (χ4v) is 3.88. The summed E-state index contributed by atoms with van der Waals surface area (Å²) in [7, 11) is 1.36. The first-order valence-corrected chi connectivity index (χ1v) is 9.09. The van der Waals surface area contributed by atoms with Crippen molar-refractivity contribution in [2.45, 2.75) is 77.0 Å². The van der Waals surface area contributed by atoms with E-state index in [-0.39, 0.29) is 30.9 Å². The molecule has 0 bridgehead atoms. The third kappa shape index (κ3) is 5.09. The van der Waals surface area contributed by atoms with Gasteiger partial charge in [-0.15, -0.1) is 0 Å². The molecule has 25 heavy (non-hydrogen) atoms. The van der Waals surface area contributed by atoms with E-state index in [9.17, 15) is 14.4 Å². The number of amides is 2. The van der Waals surface area contributed by atoms with Crippen molar-refractivity contribution in [2.75, 3.05) is 13.7 Å². The number of carbonyl (C=O) groups is 3. The molecule has 1 heterocycles. The zero-order chi connectivity index (χ0) is 18.6. The number of alkyl carbamates (subject to hydrolysis) is 1. The number of nitrogens with zero attached hydrogens (tertiary/aromatic N) is 1. The SMILES string of the molecule is COC(=O)C1CC2CCCCC2N1C(=O)CCNC(=O)OC(C)(C)C. The topological polar surface area (TPSA) is 84.9 Å². The van der Waals surface area contributed by atoms with E-state index in [0.29, 0.717) is 12.3 Å². The predicted octanol–water partition coefficient (Wildman–Crippen LogP) is 2.23. The van der Waals surface area contributed by atoms with E-state index in [4.69, 9.17) is 9.47 Å². The van der Waals surface area contributed by atoms with Crippen molar-refractivity contribution >= 4 is 18.0 Å². The summed E-state index contributed by atoms with van der Waals surface area (Å²) in [5.74, 6) is -0.0793. The molecular weight excluding hydrogens is 324 g/mol. The summed E-state index contributed by atoms with van der Waals surface area (Å²) >= 11 is 0. The van der Waals surface area contributed by atoms with Gasteiger partial charge in [-0.2, -0.15) is 0 Å². The molecule has 2 aliphatic rings. The van der Waals surface area contributed by atoms with Gasteiger partial charge in [0.15, 0.2) is 0 Å². The Bertz CT molecular complexity index is 514. The molecule has 1 aliphatic carbocycles. The van der Waals surface area contributed by atoms with Crippen molar-refractivity contribution in [1.29, 1.82) is 0 Å². The van der Waals surface area contributed by atoms with Crippen LogP contribution in [0.2, 0.25) is 0 Å². The molecule has 7 heteroatoms. The van der Waals surface area contributed by atoms with Crippen molar-refractivity contribution in [3.63, 3.8) is 0 Å². The van der Waals surface area contributed by atoms with E-state index in [0.717, 1.165) is 25.7 Å². The van der Waals surface area contributed by atoms with Gasteiger partial charge in [-0.25, -0.2) is 9.59 Å². The number of rotatable bonds is 4. The second-order valence-corrected chi connectivity index (χ2v) is 7.87. The molecule has 2 amide bonds. The first-order valence-electron chi connectivity index (χ1n) is 9.09. The van der Waals surface area contributed by atoms with E-state index < -0.39 is 17.7 Å². The van der Waals surface area contributed by atoms with Gasteiger partial charge in [0.25, 0.3) is 0 Å². The second-order valence-electron chi connectivity index (χ2n) is 7.87. The highest BCUT2D eigenvalue weighted by molar-refractivity contribution is 5.86. The third-order valence-electron chi connectivity index (χ3n) is 4.86. The van der Waals surface area contributed by atoms with Crippen molar-refractivity contribution in [3.05, 3.63) is 0 Å². The van der Waals surface area contributed by atoms with Crippen molar-refractivity contribution in [1.82, 2.24) is 10.2 Å². The van der Waals surface area contributed by atoms with E-state index in [1.807, 2.05) is 0 Å². The van der Waals surface area contributed by atoms with Crippen LogP contribution in [0, 0.1) is 5.92 Å². The average molecular weight is 354 g/mol. The molecule has 1 saturated heterocycles. The molecule has 0 aromatic carbocycles. The van der Waals surface area contributed by atoms with E-state index in [1.165, 1.54) is 7.11 Å². The van der Waals surface area contributed by atoms with Crippen LogP contribution in [-0.4, -0.2) is 54.2 Å². The van der Waals surface area contributed by atoms with Gasteiger partial charge >= 0.3 is 12.1 Å². The Morgan fingerprint density at radius 3 is 2.48 bits per heavy atom. The van der Waals surface area contributed by atoms with Gasteiger partial charge in [0, 0.05) is 19.0 Å². The molecule has 3 unspecified atom stereocenters. The van der Waals surface area contributed by atoms with Crippen LogP contribution in [-0.2, 0) is 19.1 Å². The predicted molar refractivity (Wildman–Crippen MR) is 91.9 cm³/mol. The van der Waals surface area contributed by atoms with Crippen molar-refractivity contribution < 1.29 is 23.9 Å². The minimum atomic E-state index is -0.575. The molecule has 2 rings (SSSR count). The fraction of sp³-hybridized carbons (Fsp3) is 0.833. The molecule has 1 saturated carbocycles. The summed E-state index contributed by atoms with van der Waals surface area (Å²) in [4.78, 5) is 38.2. The Balaban J connectivity index is 1.93. The van der Waals surface area contributed by atoms with E-state index in [2.05, 4.69) is 5.32 Å². The van der Waals surface area contributed by atoms with Crippen LogP contribution < -0.4 is 5.32 Å². The molecule has 3 atom stereocenters. The zero-order valence-electron chi connectivity index (χ0n) is 15.7.